The van der Waals surface area contributed by atoms with E-state index in [1.165, 1.54) is 0 Å². The third-order valence-corrected chi connectivity index (χ3v) is 4.04. The number of ether oxygens (including phenoxy) is 1. The summed E-state index contributed by atoms with van der Waals surface area (Å²) >= 11 is 0. The fourth-order valence-corrected chi connectivity index (χ4v) is 2.23. The Morgan fingerprint density at radius 2 is 1.95 bits per heavy atom. The average molecular weight is 273 g/mol. The molecule has 0 aromatic rings. The first-order chi connectivity index (χ1) is 8.95. The lowest BCUT2D eigenvalue weighted by Crippen LogP contribution is -2.53. The first kappa shape index (κ1) is 18.4. The van der Waals surface area contributed by atoms with Gasteiger partial charge in [-0.15, -0.1) is 0 Å². The topological polar surface area (TPSA) is 67.6 Å². The molecule has 0 aromatic carbocycles. The van der Waals surface area contributed by atoms with Gasteiger partial charge in [0.25, 0.3) is 0 Å². The van der Waals surface area contributed by atoms with Gasteiger partial charge >= 0.3 is 0 Å². The Morgan fingerprint density at radius 1 is 1.37 bits per heavy atom. The molecular formula is C14H31N3O2. The van der Waals surface area contributed by atoms with Crippen molar-refractivity contribution in [3.63, 3.8) is 0 Å². The van der Waals surface area contributed by atoms with Gasteiger partial charge in [0.2, 0.25) is 5.91 Å². The van der Waals surface area contributed by atoms with Crippen molar-refractivity contribution in [2.45, 2.75) is 51.6 Å². The Labute approximate surface area is 117 Å². The quantitative estimate of drug-likeness (QED) is 0.589. The molecule has 5 nitrogen and oxygen atoms in total. The van der Waals surface area contributed by atoms with Crippen LogP contribution in [-0.2, 0) is 9.53 Å². The van der Waals surface area contributed by atoms with E-state index >= 15 is 0 Å². The van der Waals surface area contributed by atoms with Gasteiger partial charge in [0.1, 0.15) is 0 Å². The van der Waals surface area contributed by atoms with Gasteiger partial charge in [0, 0.05) is 26.2 Å². The number of carbonyl (C=O) groups is 1. The highest BCUT2D eigenvalue weighted by molar-refractivity contribution is 5.84. The van der Waals surface area contributed by atoms with Gasteiger partial charge in [-0.25, -0.2) is 0 Å². The molecule has 0 spiro atoms. The second-order valence-corrected chi connectivity index (χ2v) is 5.20. The minimum Gasteiger partial charge on any atom is -0.383 e. The Hall–Kier alpha value is -0.650. The van der Waals surface area contributed by atoms with E-state index in [1.54, 1.807) is 14.2 Å². The normalized spacial score (nSPS) is 14.9. The van der Waals surface area contributed by atoms with Crippen molar-refractivity contribution in [1.82, 2.24) is 10.2 Å². The van der Waals surface area contributed by atoms with Crippen molar-refractivity contribution in [2.24, 2.45) is 5.73 Å². The number of nitrogens with one attached hydrogen (secondary N) is 1. The second kappa shape index (κ2) is 9.28. The van der Waals surface area contributed by atoms with Gasteiger partial charge in [-0.2, -0.15) is 0 Å². The summed E-state index contributed by atoms with van der Waals surface area (Å²) in [7, 11) is 3.49. The van der Waals surface area contributed by atoms with Crippen LogP contribution in [0.15, 0.2) is 0 Å². The van der Waals surface area contributed by atoms with E-state index in [0.29, 0.717) is 19.1 Å². The number of rotatable bonds is 11. The maximum Gasteiger partial charge on any atom is 0.237 e. The van der Waals surface area contributed by atoms with Gasteiger partial charge in [0.15, 0.2) is 0 Å². The molecule has 0 bridgehead atoms. The molecule has 0 aliphatic heterocycles. The first-order valence-corrected chi connectivity index (χ1v) is 7.16. The van der Waals surface area contributed by atoms with Crippen LogP contribution < -0.4 is 11.1 Å². The minimum absolute atomic E-state index is 0.300. The summed E-state index contributed by atoms with van der Waals surface area (Å²) < 4.78 is 5.17. The molecule has 1 amide bonds. The zero-order valence-electron chi connectivity index (χ0n) is 13.2. The molecule has 0 heterocycles. The number of likely N-dealkylation sites (N-methyl/N-ethyl adjacent to an activating group) is 1. The monoisotopic (exact) mass is 273 g/mol. The molecule has 1 atom stereocenters. The van der Waals surface area contributed by atoms with Crippen LogP contribution in [0.2, 0.25) is 0 Å². The van der Waals surface area contributed by atoms with Crippen molar-refractivity contribution < 1.29 is 9.53 Å². The number of nitrogens with two attached hydrogens (primary N) is 1. The Bertz CT molecular complexity index is 257. The van der Waals surface area contributed by atoms with Gasteiger partial charge in [-0.1, -0.05) is 13.8 Å². The van der Waals surface area contributed by atoms with Crippen LogP contribution in [0.3, 0.4) is 0 Å². The Morgan fingerprint density at radius 3 is 2.32 bits per heavy atom. The van der Waals surface area contributed by atoms with Crippen LogP contribution in [0.5, 0.6) is 0 Å². The highest BCUT2D eigenvalue weighted by Crippen LogP contribution is 2.14. The lowest BCUT2D eigenvalue weighted by molar-refractivity contribution is -0.124. The highest BCUT2D eigenvalue weighted by Gasteiger charge is 2.30. The molecule has 0 saturated heterocycles. The fourth-order valence-electron chi connectivity index (χ4n) is 2.23. The van der Waals surface area contributed by atoms with Crippen molar-refractivity contribution in [2.75, 3.05) is 33.9 Å². The molecular weight excluding hydrogens is 242 g/mol. The molecule has 3 N–H and O–H groups in total. The SMILES string of the molecule is CCC(CC)N(CCOC)CCC(C)(NC)C(N)=O. The highest BCUT2D eigenvalue weighted by atomic mass is 16.5. The number of nitrogens with zero attached hydrogens (tertiary/aromatic N) is 1. The molecule has 0 fully saturated rings. The van der Waals surface area contributed by atoms with Crippen LogP contribution in [0.1, 0.15) is 40.0 Å². The second-order valence-electron chi connectivity index (χ2n) is 5.20. The molecule has 1 unspecified atom stereocenters. The predicted octanol–water partition coefficient (Wildman–Crippen LogP) is 0.977. The van der Waals surface area contributed by atoms with Crippen molar-refractivity contribution in [3.05, 3.63) is 0 Å². The number of methoxy groups -OCH3 is 1. The van der Waals surface area contributed by atoms with Gasteiger partial charge in [0.05, 0.1) is 12.1 Å². The Balaban J connectivity index is 4.58. The van der Waals surface area contributed by atoms with E-state index in [-0.39, 0.29) is 5.91 Å². The average Bonchev–Trinajstić information content (AvgIpc) is 2.41. The summed E-state index contributed by atoms with van der Waals surface area (Å²) in [5, 5.41) is 3.03. The van der Waals surface area contributed by atoms with Crippen LogP contribution in [0, 0.1) is 0 Å². The molecule has 0 aromatic heterocycles. The molecule has 5 heteroatoms. The molecule has 19 heavy (non-hydrogen) atoms. The molecule has 114 valence electrons. The molecule has 0 radical (unpaired) electrons. The lowest BCUT2D eigenvalue weighted by atomic mass is 9.96. The molecule has 0 saturated carbocycles. The molecule has 0 rings (SSSR count). The largest absolute Gasteiger partial charge is 0.383 e. The summed E-state index contributed by atoms with van der Waals surface area (Å²) in [5.41, 5.74) is 4.82. The van der Waals surface area contributed by atoms with Gasteiger partial charge < -0.3 is 15.8 Å². The van der Waals surface area contributed by atoms with E-state index in [2.05, 4.69) is 24.1 Å². The zero-order valence-corrected chi connectivity index (χ0v) is 13.2. The number of amides is 1. The number of hydrogen-bond acceptors (Lipinski definition) is 4. The zero-order chi connectivity index (χ0) is 14.9. The third kappa shape index (κ3) is 5.89. The van der Waals surface area contributed by atoms with Crippen molar-refractivity contribution in [3.8, 4) is 0 Å². The number of carbonyl (C=O) groups excluding carboxylic acids is 1. The molecule has 0 aliphatic carbocycles. The van der Waals surface area contributed by atoms with Crippen LogP contribution in [0.4, 0.5) is 0 Å². The standard InChI is InChI=1S/C14H31N3O2/c1-6-12(7-2)17(10-11-19-5)9-8-14(3,16-4)13(15)18/h12,16H,6-11H2,1-5H3,(H2,15,18). The smallest absolute Gasteiger partial charge is 0.237 e. The number of hydrogen-bond donors (Lipinski definition) is 2. The lowest BCUT2D eigenvalue weighted by Gasteiger charge is -2.34. The van der Waals surface area contributed by atoms with Crippen LogP contribution >= 0.6 is 0 Å². The van der Waals surface area contributed by atoms with E-state index in [0.717, 1.165) is 25.9 Å². The minimum atomic E-state index is -0.642. The fraction of sp³-hybridized carbons (Fsp3) is 0.929. The molecule has 0 aliphatic rings. The third-order valence-electron chi connectivity index (χ3n) is 4.04. The summed E-state index contributed by atoms with van der Waals surface area (Å²) in [6.07, 6.45) is 2.92. The number of primary amides is 1. The Kier molecular flexibility index (Phi) is 8.97. The maximum atomic E-state index is 11.5. The van der Waals surface area contributed by atoms with Crippen LogP contribution in [-0.4, -0.2) is 56.2 Å². The first-order valence-electron chi connectivity index (χ1n) is 7.16. The van der Waals surface area contributed by atoms with Gasteiger partial charge in [-0.05, 0) is 33.2 Å². The summed E-state index contributed by atoms with van der Waals surface area (Å²) in [5.74, 6) is -0.300. The van der Waals surface area contributed by atoms with Crippen LogP contribution in [0.25, 0.3) is 0 Å². The maximum absolute atomic E-state index is 11.5. The van der Waals surface area contributed by atoms with E-state index in [4.69, 9.17) is 10.5 Å². The van der Waals surface area contributed by atoms with Crippen molar-refractivity contribution >= 4 is 5.91 Å². The van der Waals surface area contributed by atoms with Gasteiger partial charge in [-0.3, -0.25) is 9.69 Å². The van der Waals surface area contributed by atoms with E-state index in [1.807, 2.05) is 6.92 Å². The summed E-state index contributed by atoms with van der Waals surface area (Å²) in [6.45, 7) is 8.69. The van der Waals surface area contributed by atoms with Crippen molar-refractivity contribution in [1.29, 1.82) is 0 Å². The van der Waals surface area contributed by atoms with E-state index < -0.39 is 5.54 Å². The summed E-state index contributed by atoms with van der Waals surface area (Å²) in [6, 6.07) is 0.532. The summed E-state index contributed by atoms with van der Waals surface area (Å²) in [4.78, 5) is 13.9. The predicted molar refractivity (Wildman–Crippen MR) is 79.1 cm³/mol. The van der Waals surface area contributed by atoms with E-state index in [9.17, 15) is 4.79 Å².